The highest BCUT2D eigenvalue weighted by atomic mass is 79.9. The number of benzene rings is 5. The Balaban J connectivity index is 0.000000202. The Labute approximate surface area is 769 Å². The molecule has 10 heterocycles. The van der Waals surface area contributed by atoms with E-state index >= 15 is 0 Å². The Morgan fingerprint density at radius 2 is 0.630 bits per heavy atom. The predicted octanol–water partition coefficient (Wildman–Crippen LogP) is 17.2. The van der Waals surface area contributed by atoms with E-state index in [0.29, 0.717) is 79.4 Å². The van der Waals surface area contributed by atoms with Crippen molar-refractivity contribution in [1.82, 2.24) is 72.7 Å². The molecule has 5 aliphatic heterocycles. The quantitative estimate of drug-likeness (QED) is 0.0208. The number of carbonyl (C=O) groups excluding carboxylic acids is 7. The van der Waals surface area contributed by atoms with Gasteiger partial charge in [-0.15, -0.1) is 12.4 Å². The van der Waals surface area contributed by atoms with E-state index in [-0.39, 0.29) is 115 Å². The first-order chi connectivity index (χ1) is 62.7. The molecule has 5 aromatic carbocycles. The van der Waals surface area contributed by atoms with E-state index in [4.69, 9.17) is 5.73 Å². The molecule has 0 fully saturated rings. The lowest BCUT2D eigenvalue weighted by Crippen LogP contribution is -2.41. The Hall–Kier alpha value is -12.7. The first-order valence-corrected chi connectivity index (χ1v) is 40.4. The number of urea groups is 4. The van der Waals surface area contributed by atoms with Crippen LogP contribution in [-0.2, 0) is 70.2 Å². The van der Waals surface area contributed by atoms with Gasteiger partial charge >= 0.3 is 48.6 Å². The molecule has 5 aliphatic rings. The number of carbonyl (C=O) groups is 7. The number of hydrogen-bond acceptors (Lipinski definition) is 16. The van der Waals surface area contributed by atoms with Crippen molar-refractivity contribution in [1.29, 1.82) is 0 Å². The van der Waals surface area contributed by atoms with E-state index in [1.807, 2.05) is 10.9 Å². The van der Waals surface area contributed by atoms with Gasteiger partial charge in [0, 0.05) is 174 Å². The van der Waals surface area contributed by atoms with E-state index in [1.54, 1.807) is 20.0 Å². The van der Waals surface area contributed by atoms with Crippen LogP contribution in [-0.4, -0.2) is 173 Å². The lowest BCUT2D eigenvalue weighted by molar-refractivity contribution is -0.169. The first-order valence-electron chi connectivity index (χ1n) is 38.8. The normalized spacial score (nSPS) is 14.2. The molecule has 29 nitrogen and oxygen atoms in total. The van der Waals surface area contributed by atoms with E-state index < -0.39 is 178 Å². The molecule has 3 atom stereocenters. The maximum atomic E-state index is 13.3. The minimum atomic E-state index is -4.53. The molecular formula is C79H74Br2ClF24N21O8. The van der Waals surface area contributed by atoms with Crippen LogP contribution in [0.1, 0.15) is 93.5 Å². The number of imidazole rings is 5. The zero-order valence-corrected chi connectivity index (χ0v) is 73.8. The topological polar surface area (TPSA) is 343 Å². The van der Waals surface area contributed by atoms with Crippen LogP contribution in [0, 0.1) is 99.1 Å². The van der Waals surface area contributed by atoms with Crippen LogP contribution in [0.4, 0.5) is 153 Å². The minimum absolute atomic E-state index is 0. The van der Waals surface area contributed by atoms with Gasteiger partial charge in [0.25, 0.3) is 0 Å². The number of nitrogen functional groups attached to an aromatic ring is 1. The number of Topliss-reactive ketones (excluding diaryl/α,β-unsaturated/α-hetero) is 2. The number of aromatic nitrogens is 10. The third-order valence-corrected chi connectivity index (χ3v) is 21.2. The second-order valence-electron chi connectivity index (χ2n) is 29.4. The van der Waals surface area contributed by atoms with Crippen LogP contribution in [0.25, 0.3) is 0 Å². The lowest BCUT2D eigenvalue weighted by Gasteiger charge is -2.29. The molecule has 0 saturated carbocycles. The maximum Gasteiger partial charge on any atom is 0.403 e. The maximum absolute atomic E-state index is 13.3. The van der Waals surface area contributed by atoms with Crippen molar-refractivity contribution in [2.45, 2.75) is 124 Å². The largest absolute Gasteiger partial charge is 0.464 e. The number of esters is 1. The lowest BCUT2D eigenvalue weighted by atomic mass is 10.0. The molecule has 15 rings (SSSR count). The monoisotopic (exact) mass is 2090 g/mol. The third-order valence-electron chi connectivity index (χ3n) is 19.9. The molecule has 0 saturated heterocycles. The molecule has 9 N–H and O–H groups in total. The number of ketones is 2. The SMILES string of the molecule is Brc1ncn2c1CNCC2.COC(=O)c1ncn2c1CN(C(=O)Nc1cc(F)c(F)c(F)c1)CC2.C[C@@H](CC(=O)c1ncn2c1CN(C(=O)Nc1cc(F)c(F)c(F)c1)CC2)C(F)(F)F.C[C@@H](CC(=O)c1ncn2c1CN(C(=O)Nc1cc(F)c(F)c(F)c1)CC2)C(F)(F)F.C[C@@H](N)C(F)(F)F.Cl.Nc1cc(F)c(F)c(F)c1.O=C(Nc1cc(F)c(F)c(F)c1)N1CCn2cnc(Br)c2C1. The molecule has 0 radical (unpaired) electrons. The highest BCUT2D eigenvalue weighted by molar-refractivity contribution is 9.10. The average Bonchev–Trinajstić information content (AvgIpc) is 1.68. The first kappa shape index (κ1) is 108. The summed E-state index contributed by atoms with van der Waals surface area (Å²) in [4.78, 5) is 111. The number of nitrogens with zero attached hydrogens (tertiary/aromatic N) is 14. The van der Waals surface area contributed by atoms with Crippen molar-refractivity contribution in [2.75, 3.05) is 66.8 Å². The molecule has 0 aliphatic carbocycles. The van der Waals surface area contributed by atoms with Gasteiger partial charge in [0.05, 0.1) is 111 Å². The van der Waals surface area contributed by atoms with Crippen LogP contribution < -0.4 is 38.1 Å². The fourth-order valence-electron chi connectivity index (χ4n) is 12.4. The number of ether oxygens (including phenoxy) is 1. The fourth-order valence-corrected chi connectivity index (χ4v) is 13.3. The molecule has 56 heteroatoms. The molecule has 0 spiro atoms. The number of hydrogen-bond donors (Lipinski definition) is 7. The molecule has 8 amide bonds. The number of anilines is 5. The number of methoxy groups -OCH3 is 1. The van der Waals surface area contributed by atoms with Gasteiger partial charge in [-0.1, -0.05) is 13.8 Å². The van der Waals surface area contributed by atoms with Gasteiger partial charge in [0.15, 0.2) is 105 Å². The number of nitrogens with one attached hydrogen (secondary N) is 5. The second-order valence-corrected chi connectivity index (χ2v) is 30.9. The summed E-state index contributed by atoms with van der Waals surface area (Å²) in [5, 5.41) is 12.4. The van der Waals surface area contributed by atoms with Crippen LogP contribution >= 0.6 is 44.3 Å². The van der Waals surface area contributed by atoms with Gasteiger partial charge in [0.1, 0.15) is 20.6 Å². The smallest absolute Gasteiger partial charge is 0.403 e. The van der Waals surface area contributed by atoms with Crippen molar-refractivity contribution >= 4 is 114 Å². The molecule has 135 heavy (non-hydrogen) atoms. The van der Waals surface area contributed by atoms with E-state index in [9.17, 15) is 139 Å². The Morgan fingerprint density at radius 1 is 0.385 bits per heavy atom. The standard InChI is InChI=1S/2C18H16F6N4O2.C15H13F3N4O3.C13H10BrF3N4O.C6H8BrN3.C6H4F3N.C3H6F3N.ClH/c2*1-9(18(22,23)24)4-14(29)16-13-7-27(2-3-28(13)8-25-16)17(30)26-10-5-11(19)15(21)12(20)6-10;1-25-14(23)13-11-6-21(2-3-22(11)7-19-13)15(24)20-8-4-9(16)12(18)10(17)5-8;14-12-10-5-20(1-2-21(10)6-18-12)13(22)19-7-3-8(15)11(17)9(16)4-7;7-6-5-3-8-1-2-10(5)4-9-6;7-4-1-3(10)2-5(8)6(4)9;1-2(7)3(4,5)6;/h2*5-6,8-9H,2-4,7H2,1H3,(H,26,30);4-5,7H,2-3,6H2,1H3,(H,20,24);3-4,6H,1-2,5H2,(H,19,22);4,8H,1-3H2;1-2H,10H2;2H,7H2,1H3;1H/t2*9-;;;;;2-;/m00....1./s1. The van der Waals surface area contributed by atoms with Crippen LogP contribution in [0.3, 0.4) is 0 Å². The van der Waals surface area contributed by atoms with Crippen molar-refractivity contribution in [3.63, 3.8) is 0 Å². The van der Waals surface area contributed by atoms with Gasteiger partial charge in [0.2, 0.25) is 0 Å². The van der Waals surface area contributed by atoms with Crippen LogP contribution in [0.5, 0.6) is 0 Å². The average molecular weight is 2100 g/mol. The van der Waals surface area contributed by atoms with Gasteiger partial charge in [-0.2, -0.15) is 39.5 Å². The van der Waals surface area contributed by atoms with Gasteiger partial charge in [-0.05, 0) is 38.8 Å². The van der Waals surface area contributed by atoms with Gasteiger partial charge < -0.3 is 85.2 Å². The summed E-state index contributed by atoms with van der Waals surface area (Å²) in [7, 11) is 1.22. The molecule has 0 unspecified atom stereocenters. The molecule has 732 valence electrons. The highest BCUT2D eigenvalue weighted by Crippen LogP contribution is 2.34. The third kappa shape index (κ3) is 28.2. The summed E-state index contributed by atoms with van der Waals surface area (Å²) in [6, 6.07) is 2.29. The number of rotatable bonds is 11. The van der Waals surface area contributed by atoms with E-state index in [1.165, 1.54) is 51.4 Å². The summed E-state index contributed by atoms with van der Waals surface area (Å²) < 4.78 is 319. The fraction of sp³-hybridized carbons (Fsp3) is 0.342. The number of fused-ring (bicyclic) bond motifs is 5. The Bertz CT molecular complexity index is 5700. The Morgan fingerprint density at radius 3 is 0.904 bits per heavy atom. The molecular weight excluding hydrogens is 2020 g/mol. The zero-order chi connectivity index (χ0) is 99.2. The predicted molar refractivity (Wildman–Crippen MR) is 439 cm³/mol. The summed E-state index contributed by atoms with van der Waals surface area (Å²) in [5.74, 6) is -27.9. The number of halogens is 27. The van der Waals surface area contributed by atoms with E-state index in [0.717, 1.165) is 75.0 Å². The summed E-state index contributed by atoms with van der Waals surface area (Å²) in [5.41, 5.74) is 11.2. The van der Waals surface area contributed by atoms with Gasteiger partial charge in [-0.25, -0.2) is 115 Å². The van der Waals surface area contributed by atoms with Gasteiger partial charge in [-0.3, -0.25) is 9.59 Å². The molecule has 0 bridgehead atoms. The summed E-state index contributed by atoms with van der Waals surface area (Å²) >= 11 is 6.67. The van der Waals surface area contributed by atoms with Crippen molar-refractivity contribution in [3.8, 4) is 0 Å². The summed E-state index contributed by atoms with van der Waals surface area (Å²) in [6.45, 7) is 8.14. The van der Waals surface area contributed by atoms with Crippen molar-refractivity contribution in [2.24, 2.45) is 17.6 Å². The zero-order valence-electron chi connectivity index (χ0n) is 69.8. The van der Waals surface area contributed by atoms with Crippen LogP contribution in [0.2, 0.25) is 0 Å². The van der Waals surface area contributed by atoms with E-state index in [2.05, 4.69) is 98.4 Å². The van der Waals surface area contributed by atoms with Crippen molar-refractivity contribution < 1.29 is 144 Å². The number of nitrogens with two attached hydrogens (primary N) is 2. The minimum Gasteiger partial charge on any atom is -0.464 e. The van der Waals surface area contributed by atoms with Crippen molar-refractivity contribution in [3.05, 3.63) is 234 Å². The molecule has 5 aromatic heterocycles. The Kier molecular flexibility index (Phi) is 36.7. The number of amides is 8. The molecule has 10 aromatic rings. The number of alkyl halides is 9. The highest BCUT2D eigenvalue weighted by Gasteiger charge is 2.41. The van der Waals surface area contributed by atoms with Crippen LogP contribution in [0.15, 0.2) is 102 Å². The second kappa shape index (κ2) is 46.0. The summed E-state index contributed by atoms with van der Waals surface area (Å²) in [6.07, 6.45) is -7.22.